The van der Waals surface area contributed by atoms with Crippen LogP contribution in [0.15, 0.2) is 152 Å². The fourth-order valence-electron chi connectivity index (χ4n) is 5.10. The first-order valence-electron chi connectivity index (χ1n) is 13.0. The van der Waals surface area contributed by atoms with Gasteiger partial charge in [0.1, 0.15) is 29.0 Å². The van der Waals surface area contributed by atoms with Crippen LogP contribution in [0, 0.1) is 5.82 Å². The third kappa shape index (κ3) is 5.74. The van der Waals surface area contributed by atoms with E-state index >= 15 is 0 Å². The highest BCUT2D eigenvalue weighted by Gasteiger charge is 2.56. The van der Waals surface area contributed by atoms with Crippen LogP contribution in [-0.2, 0) is 4.79 Å². The Balaban J connectivity index is 1.68. The van der Waals surface area contributed by atoms with Crippen molar-refractivity contribution < 1.29 is 9.18 Å². The molecule has 0 radical (unpaired) electrons. The van der Waals surface area contributed by atoms with Crippen LogP contribution in [0.3, 0.4) is 0 Å². The molecule has 1 N–H and O–H groups in total. The molecule has 1 atom stereocenters. The maximum atomic E-state index is 14.4. The summed E-state index contributed by atoms with van der Waals surface area (Å²) in [5, 5.41) is 6.46. The van der Waals surface area contributed by atoms with Crippen LogP contribution in [0.2, 0.25) is 0 Å². The standard InChI is InChI=1S/C35H29FNOP/c36-30-25-23-29(24-26-30)34(35(38)37-27-13-16-28-14-5-1-6-15-28)39(31-17-7-2-8-18-31,32-19-9-3-10-20-32)33-21-11-4-12-22-33/h1-26,34H,27H2/p+1/b16-13+. The molecule has 0 bridgehead atoms. The van der Waals surface area contributed by atoms with E-state index in [0.29, 0.717) is 6.54 Å². The minimum Gasteiger partial charge on any atom is -0.349 e. The van der Waals surface area contributed by atoms with Crippen LogP contribution in [0.25, 0.3) is 6.08 Å². The van der Waals surface area contributed by atoms with Gasteiger partial charge in [0.2, 0.25) is 0 Å². The first-order chi connectivity index (χ1) is 19.2. The van der Waals surface area contributed by atoms with Gasteiger partial charge in [0.15, 0.2) is 5.66 Å². The quantitative estimate of drug-likeness (QED) is 0.211. The molecule has 1 amide bonds. The molecule has 0 aromatic heterocycles. The van der Waals surface area contributed by atoms with E-state index in [2.05, 4.69) is 41.7 Å². The molecule has 0 aliphatic heterocycles. The van der Waals surface area contributed by atoms with Gasteiger partial charge in [-0.2, -0.15) is 0 Å². The van der Waals surface area contributed by atoms with Gasteiger partial charge in [0, 0.05) is 12.1 Å². The van der Waals surface area contributed by atoms with Gasteiger partial charge in [-0.25, -0.2) is 4.39 Å². The summed E-state index contributed by atoms with van der Waals surface area (Å²) in [6.07, 6.45) is 3.96. The maximum absolute atomic E-state index is 14.4. The van der Waals surface area contributed by atoms with E-state index in [9.17, 15) is 9.18 Å². The molecule has 0 spiro atoms. The lowest BCUT2D eigenvalue weighted by Crippen LogP contribution is -2.42. The Labute approximate surface area is 230 Å². The monoisotopic (exact) mass is 530 g/mol. The second kappa shape index (κ2) is 12.5. The summed E-state index contributed by atoms with van der Waals surface area (Å²) in [6.45, 7) is 0.379. The average molecular weight is 531 g/mol. The molecule has 39 heavy (non-hydrogen) atoms. The maximum Gasteiger partial charge on any atom is 0.266 e. The third-order valence-electron chi connectivity index (χ3n) is 6.82. The van der Waals surface area contributed by atoms with Crippen molar-refractivity contribution in [2.75, 3.05) is 6.54 Å². The van der Waals surface area contributed by atoms with E-state index in [1.165, 1.54) is 12.1 Å². The predicted octanol–water partition coefficient (Wildman–Crippen LogP) is 6.69. The summed E-state index contributed by atoms with van der Waals surface area (Å²) in [6, 6.07) is 47.2. The van der Waals surface area contributed by atoms with Crippen molar-refractivity contribution in [3.63, 3.8) is 0 Å². The normalized spacial score (nSPS) is 12.2. The molecule has 5 rings (SSSR count). The largest absolute Gasteiger partial charge is 0.349 e. The van der Waals surface area contributed by atoms with Crippen molar-refractivity contribution in [2.24, 2.45) is 0 Å². The smallest absolute Gasteiger partial charge is 0.266 e. The molecule has 0 saturated carbocycles. The molecule has 0 saturated heterocycles. The third-order valence-corrected chi connectivity index (χ3v) is 11.5. The Kier molecular flexibility index (Phi) is 8.41. The molecular weight excluding hydrogens is 500 g/mol. The lowest BCUT2D eigenvalue weighted by Gasteiger charge is -2.34. The summed E-state index contributed by atoms with van der Waals surface area (Å²) in [5.74, 6) is -0.420. The molecule has 1 unspecified atom stereocenters. The molecule has 4 heteroatoms. The number of benzene rings is 5. The predicted molar refractivity (Wildman–Crippen MR) is 163 cm³/mol. The highest BCUT2D eigenvalue weighted by atomic mass is 31.2. The second-order valence-electron chi connectivity index (χ2n) is 9.24. The van der Waals surface area contributed by atoms with Gasteiger partial charge in [-0.3, -0.25) is 4.79 Å². The Morgan fingerprint density at radius 1 is 0.641 bits per heavy atom. The van der Waals surface area contributed by atoms with Crippen LogP contribution in [-0.4, -0.2) is 12.5 Å². The summed E-state index contributed by atoms with van der Waals surface area (Å²) < 4.78 is 14.1. The van der Waals surface area contributed by atoms with E-state index < -0.39 is 12.9 Å². The van der Waals surface area contributed by atoms with Crippen molar-refractivity contribution in [1.29, 1.82) is 0 Å². The Morgan fingerprint density at radius 2 is 1.08 bits per heavy atom. The lowest BCUT2D eigenvalue weighted by atomic mass is 10.1. The van der Waals surface area contributed by atoms with Crippen LogP contribution in [0.4, 0.5) is 4.39 Å². The first-order valence-corrected chi connectivity index (χ1v) is 14.9. The first kappa shape index (κ1) is 26.3. The van der Waals surface area contributed by atoms with E-state index in [1.807, 2.05) is 97.1 Å². The number of carbonyl (C=O) groups excluding carboxylic acids is 1. The summed E-state index contributed by atoms with van der Waals surface area (Å²) in [4.78, 5) is 14.4. The van der Waals surface area contributed by atoms with Crippen molar-refractivity contribution in [3.8, 4) is 0 Å². The summed E-state index contributed by atoms with van der Waals surface area (Å²) >= 11 is 0. The SMILES string of the molecule is O=C(NC/C=C/c1ccccc1)C(c1ccc(F)cc1)[P+](c1ccccc1)(c1ccccc1)c1ccccc1. The molecule has 0 aliphatic carbocycles. The van der Waals surface area contributed by atoms with Gasteiger partial charge in [-0.15, -0.1) is 0 Å². The van der Waals surface area contributed by atoms with E-state index in [1.54, 1.807) is 12.1 Å². The number of hydrogen-bond acceptors (Lipinski definition) is 1. The molecular formula is C35H30FNOP+. The van der Waals surface area contributed by atoms with Crippen molar-refractivity contribution in [3.05, 3.63) is 169 Å². The number of carbonyl (C=O) groups is 1. The number of rotatable bonds is 9. The topological polar surface area (TPSA) is 29.1 Å². The summed E-state index contributed by atoms with van der Waals surface area (Å²) in [5.41, 5.74) is 1.28. The van der Waals surface area contributed by atoms with Crippen LogP contribution in [0.1, 0.15) is 16.8 Å². The van der Waals surface area contributed by atoms with Crippen LogP contribution in [0.5, 0.6) is 0 Å². The molecule has 5 aromatic carbocycles. The molecule has 192 valence electrons. The Bertz CT molecular complexity index is 1410. The molecule has 0 aliphatic rings. The van der Waals surface area contributed by atoms with Crippen molar-refractivity contribution >= 4 is 35.2 Å². The molecule has 0 heterocycles. The van der Waals surface area contributed by atoms with Gasteiger partial charge in [0.05, 0.1) is 0 Å². The fraction of sp³-hybridized carbons (Fsp3) is 0.0571. The van der Waals surface area contributed by atoms with Gasteiger partial charge in [-0.1, -0.05) is 109 Å². The van der Waals surface area contributed by atoms with Gasteiger partial charge < -0.3 is 5.32 Å². The zero-order chi connectivity index (χ0) is 26.9. The highest BCUT2D eigenvalue weighted by Crippen LogP contribution is 2.66. The number of halogens is 1. The fourth-order valence-corrected chi connectivity index (χ4v) is 9.87. The van der Waals surface area contributed by atoms with E-state index in [4.69, 9.17) is 0 Å². The van der Waals surface area contributed by atoms with Crippen LogP contribution < -0.4 is 21.2 Å². The van der Waals surface area contributed by atoms with Crippen LogP contribution >= 0.6 is 7.26 Å². The van der Waals surface area contributed by atoms with E-state index in [0.717, 1.165) is 27.0 Å². The lowest BCUT2D eigenvalue weighted by molar-refractivity contribution is -0.120. The molecule has 2 nitrogen and oxygen atoms in total. The van der Waals surface area contributed by atoms with Gasteiger partial charge in [-0.05, 0) is 54.1 Å². The second-order valence-corrected chi connectivity index (χ2v) is 12.8. The Morgan fingerprint density at radius 3 is 1.54 bits per heavy atom. The summed E-state index contributed by atoms with van der Waals surface area (Å²) in [7, 11) is -2.62. The zero-order valence-electron chi connectivity index (χ0n) is 21.5. The number of nitrogens with one attached hydrogen (secondary N) is 1. The minimum atomic E-state index is -2.62. The van der Waals surface area contributed by atoms with Crippen molar-refractivity contribution in [2.45, 2.75) is 5.66 Å². The zero-order valence-corrected chi connectivity index (χ0v) is 22.4. The van der Waals surface area contributed by atoms with Gasteiger partial charge >= 0.3 is 0 Å². The molecule has 0 fully saturated rings. The van der Waals surface area contributed by atoms with Crippen molar-refractivity contribution in [1.82, 2.24) is 5.32 Å². The number of amides is 1. The minimum absolute atomic E-state index is 0.0933. The molecule has 5 aromatic rings. The van der Waals surface area contributed by atoms with E-state index in [-0.39, 0.29) is 11.7 Å². The Hall–Kier alpha value is -4.33. The highest BCUT2D eigenvalue weighted by molar-refractivity contribution is 7.96. The number of hydrogen-bond donors (Lipinski definition) is 1. The van der Waals surface area contributed by atoms with Gasteiger partial charge in [0.25, 0.3) is 5.91 Å². The average Bonchev–Trinajstić information content (AvgIpc) is 3.00.